The smallest absolute Gasteiger partial charge is 0.259 e. The molecule has 5 nitrogen and oxygen atoms in total. The quantitative estimate of drug-likeness (QED) is 0.647. The molecule has 1 saturated carbocycles. The third-order valence-electron chi connectivity index (χ3n) is 3.63. The molecule has 2 N–H and O–H groups in total. The number of hydrogen-bond acceptors (Lipinski definition) is 4. The largest absolute Gasteiger partial charge is 0.347 e. The van der Waals surface area contributed by atoms with Crippen LogP contribution in [0.4, 0.5) is 0 Å². The summed E-state index contributed by atoms with van der Waals surface area (Å²) in [6.07, 6.45) is 5.29. The number of nitrogens with zero attached hydrogens (tertiary/aromatic N) is 1. The maximum Gasteiger partial charge on any atom is 0.259 e. The molecule has 0 radical (unpaired) electrons. The third kappa shape index (κ3) is 4.97. The molecular weight excluding hydrogens is 286 g/mol. The summed E-state index contributed by atoms with van der Waals surface area (Å²) in [5.41, 5.74) is 3.23. The van der Waals surface area contributed by atoms with E-state index in [4.69, 9.17) is 0 Å². The van der Waals surface area contributed by atoms with Crippen LogP contribution in [0.25, 0.3) is 0 Å². The van der Waals surface area contributed by atoms with Gasteiger partial charge in [0.05, 0.1) is 12.3 Å². The number of thiophene rings is 1. The summed E-state index contributed by atoms with van der Waals surface area (Å²) in [6.45, 7) is 1.82. The van der Waals surface area contributed by atoms with Crippen LogP contribution in [-0.4, -0.2) is 24.1 Å². The van der Waals surface area contributed by atoms with Gasteiger partial charge < -0.3 is 5.32 Å². The van der Waals surface area contributed by atoms with Crippen LogP contribution in [0.2, 0.25) is 0 Å². The number of hydrazone groups is 1. The normalized spacial score (nSPS) is 16.5. The van der Waals surface area contributed by atoms with Gasteiger partial charge in [0.15, 0.2) is 0 Å². The lowest BCUT2D eigenvalue weighted by Gasteiger charge is -2.20. The summed E-state index contributed by atoms with van der Waals surface area (Å²) in [5, 5.41) is 8.69. The molecule has 1 fully saturated rings. The summed E-state index contributed by atoms with van der Waals surface area (Å²) < 4.78 is 0. The fraction of sp³-hybridized carbons (Fsp3) is 0.533. The van der Waals surface area contributed by atoms with Crippen molar-refractivity contribution in [2.45, 2.75) is 39.0 Å². The van der Waals surface area contributed by atoms with Crippen LogP contribution in [0.1, 0.15) is 43.9 Å². The highest BCUT2D eigenvalue weighted by molar-refractivity contribution is 7.12. The molecule has 1 heterocycles. The molecular formula is C15H21N3O2S. The van der Waals surface area contributed by atoms with Gasteiger partial charge in [-0.05, 0) is 31.2 Å². The number of carbonyl (C=O) groups excluding carboxylic acids is 2. The number of nitrogens with one attached hydrogen (secondary N) is 2. The van der Waals surface area contributed by atoms with Gasteiger partial charge in [0, 0.05) is 10.8 Å². The minimum Gasteiger partial charge on any atom is -0.347 e. The van der Waals surface area contributed by atoms with Crippen LogP contribution < -0.4 is 10.7 Å². The predicted octanol–water partition coefficient (Wildman–Crippen LogP) is 2.28. The van der Waals surface area contributed by atoms with Gasteiger partial charge in [-0.3, -0.25) is 9.59 Å². The average molecular weight is 307 g/mol. The molecule has 0 saturated heterocycles. The topological polar surface area (TPSA) is 70.6 Å². The molecule has 0 aromatic carbocycles. The van der Waals surface area contributed by atoms with Gasteiger partial charge >= 0.3 is 0 Å². The van der Waals surface area contributed by atoms with E-state index in [1.807, 2.05) is 24.4 Å². The Morgan fingerprint density at radius 2 is 2.10 bits per heavy atom. The van der Waals surface area contributed by atoms with Crippen LogP contribution in [0.15, 0.2) is 22.6 Å². The Bertz CT molecular complexity index is 505. The maximum atomic E-state index is 11.9. The predicted molar refractivity (Wildman–Crippen MR) is 84.3 cm³/mol. The van der Waals surface area contributed by atoms with Crippen molar-refractivity contribution in [3.05, 3.63) is 22.4 Å². The summed E-state index contributed by atoms with van der Waals surface area (Å²) in [4.78, 5) is 24.6. The van der Waals surface area contributed by atoms with Crippen LogP contribution in [0.3, 0.4) is 0 Å². The van der Waals surface area contributed by atoms with Gasteiger partial charge in [-0.25, -0.2) is 5.43 Å². The highest BCUT2D eigenvalue weighted by Gasteiger charge is 2.21. The lowest BCUT2D eigenvalue weighted by atomic mass is 9.89. The monoisotopic (exact) mass is 307 g/mol. The van der Waals surface area contributed by atoms with E-state index in [0.29, 0.717) is 0 Å². The molecule has 0 aliphatic heterocycles. The van der Waals surface area contributed by atoms with Crippen molar-refractivity contribution in [1.29, 1.82) is 0 Å². The molecule has 21 heavy (non-hydrogen) atoms. The van der Waals surface area contributed by atoms with E-state index in [1.54, 1.807) is 11.3 Å². The Labute approximate surface area is 128 Å². The minimum atomic E-state index is -0.296. The standard InChI is InChI=1S/C15H21N3O2S/c1-11(13-8-5-9-21-13)17-18-14(19)10-16-15(20)12-6-3-2-4-7-12/h5,8-9,12H,2-4,6-7,10H2,1H3,(H,16,20)(H,18,19). The highest BCUT2D eigenvalue weighted by Crippen LogP contribution is 2.23. The second-order valence-electron chi connectivity index (χ2n) is 5.26. The molecule has 1 aliphatic carbocycles. The molecule has 2 amide bonds. The molecule has 0 unspecified atom stereocenters. The SMILES string of the molecule is CC(=NNC(=O)CNC(=O)C1CCCCC1)c1cccs1. The van der Waals surface area contributed by atoms with Crippen molar-refractivity contribution < 1.29 is 9.59 Å². The van der Waals surface area contributed by atoms with E-state index in [1.165, 1.54) is 6.42 Å². The Balaban J connectivity index is 1.72. The second kappa shape index (κ2) is 7.93. The Morgan fingerprint density at radius 3 is 2.76 bits per heavy atom. The lowest BCUT2D eigenvalue weighted by molar-refractivity contribution is -0.129. The van der Waals surface area contributed by atoms with E-state index in [-0.39, 0.29) is 24.3 Å². The Morgan fingerprint density at radius 1 is 1.33 bits per heavy atom. The molecule has 0 spiro atoms. The van der Waals surface area contributed by atoms with E-state index in [0.717, 1.165) is 36.3 Å². The lowest BCUT2D eigenvalue weighted by Crippen LogP contribution is -2.38. The number of hydrogen-bond donors (Lipinski definition) is 2. The molecule has 1 aromatic rings. The molecule has 114 valence electrons. The van der Waals surface area contributed by atoms with Gasteiger partial charge in [-0.1, -0.05) is 25.3 Å². The van der Waals surface area contributed by atoms with Gasteiger partial charge in [-0.15, -0.1) is 11.3 Å². The minimum absolute atomic E-state index is 0.0104. The van der Waals surface area contributed by atoms with Crippen molar-refractivity contribution in [2.75, 3.05) is 6.54 Å². The van der Waals surface area contributed by atoms with E-state index >= 15 is 0 Å². The number of carbonyl (C=O) groups is 2. The van der Waals surface area contributed by atoms with Gasteiger partial charge in [-0.2, -0.15) is 5.10 Å². The first-order chi connectivity index (χ1) is 10.2. The fourth-order valence-electron chi connectivity index (χ4n) is 2.40. The summed E-state index contributed by atoms with van der Waals surface area (Å²) >= 11 is 1.57. The zero-order valence-corrected chi connectivity index (χ0v) is 13.0. The fourth-order valence-corrected chi connectivity index (χ4v) is 3.08. The van der Waals surface area contributed by atoms with Gasteiger partial charge in [0.2, 0.25) is 5.91 Å². The zero-order valence-electron chi connectivity index (χ0n) is 12.2. The number of rotatable bonds is 5. The van der Waals surface area contributed by atoms with Crippen molar-refractivity contribution in [3.63, 3.8) is 0 Å². The molecule has 6 heteroatoms. The third-order valence-corrected chi connectivity index (χ3v) is 4.60. The van der Waals surface area contributed by atoms with Crippen molar-refractivity contribution in [1.82, 2.24) is 10.7 Å². The first kappa shape index (κ1) is 15.7. The van der Waals surface area contributed by atoms with E-state index in [2.05, 4.69) is 15.8 Å². The first-order valence-corrected chi connectivity index (χ1v) is 8.19. The zero-order chi connectivity index (χ0) is 15.1. The average Bonchev–Trinajstić information content (AvgIpc) is 3.05. The van der Waals surface area contributed by atoms with Crippen LogP contribution >= 0.6 is 11.3 Å². The molecule has 0 bridgehead atoms. The highest BCUT2D eigenvalue weighted by atomic mass is 32.1. The van der Waals surface area contributed by atoms with Crippen molar-refractivity contribution in [2.24, 2.45) is 11.0 Å². The van der Waals surface area contributed by atoms with Crippen molar-refractivity contribution >= 4 is 28.9 Å². The molecule has 0 atom stereocenters. The summed E-state index contributed by atoms with van der Waals surface area (Å²) in [6, 6.07) is 3.88. The van der Waals surface area contributed by atoms with Crippen LogP contribution in [-0.2, 0) is 9.59 Å². The van der Waals surface area contributed by atoms with E-state index in [9.17, 15) is 9.59 Å². The Hall–Kier alpha value is -1.69. The van der Waals surface area contributed by atoms with Gasteiger partial charge in [0.25, 0.3) is 5.91 Å². The number of amides is 2. The second-order valence-corrected chi connectivity index (χ2v) is 6.21. The molecule has 1 aromatic heterocycles. The molecule has 2 rings (SSSR count). The first-order valence-electron chi connectivity index (χ1n) is 7.31. The van der Waals surface area contributed by atoms with Crippen LogP contribution in [0, 0.1) is 5.92 Å². The summed E-state index contributed by atoms with van der Waals surface area (Å²) in [7, 11) is 0. The maximum absolute atomic E-state index is 11.9. The molecule has 1 aliphatic rings. The van der Waals surface area contributed by atoms with Gasteiger partial charge in [0.1, 0.15) is 0 Å². The van der Waals surface area contributed by atoms with Crippen molar-refractivity contribution in [3.8, 4) is 0 Å². The van der Waals surface area contributed by atoms with Crippen LogP contribution in [0.5, 0.6) is 0 Å². The Kier molecular flexibility index (Phi) is 5.92. The summed E-state index contributed by atoms with van der Waals surface area (Å²) in [5.74, 6) is -0.234. The van der Waals surface area contributed by atoms with E-state index < -0.39 is 0 Å².